The van der Waals surface area contributed by atoms with E-state index in [1.165, 1.54) is 327 Å². The molecular weight excluding hydrogens is 901 g/mol. The Morgan fingerprint density at radius 3 is 0.849 bits per heavy atom. The molecule has 73 heavy (non-hydrogen) atoms. The Balaban J connectivity index is 1.67. The van der Waals surface area contributed by atoms with Gasteiger partial charge in [-0.3, -0.25) is 9.59 Å². The first kappa shape index (κ1) is 69.6. The van der Waals surface area contributed by atoms with Crippen molar-refractivity contribution in [2.45, 2.75) is 366 Å². The predicted molar refractivity (Wildman–Crippen MR) is 315 cm³/mol. The third-order valence-electron chi connectivity index (χ3n) is 16.5. The van der Waals surface area contributed by atoms with Crippen molar-refractivity contribution in [3.63, 3.8) is 0 Å². The Morgan fingerprint density at radius 1 is 0.356 bits per heavy atom. The second-order valence-electron chi connectivity index (χ2n) is 23.9. The number of ether oxygens (including phenoxy) is 2. The monoisotopic (exact) mass is 1030 g/mol. The van der Waals surface area contributed by atoms with Gasteiger partial charge in [0.1, 0.15) is 13.2 Å². The van der Waals surface area contributed by atoms with Crippen molar-refractivity contribution in [2.24, 2.45) is 11.3 Å². The number of hydrogen-bond donors (Lipinski definition) is 2. The molecule has 2 N–H and O–H groups in total. The van der Waals surface area contributed by atoms with Crippen molar-refractivity contribution in [2.75, 3.05) is 26.4 Å². The molecule has 1 aliphatic rings. The van der Waals surface area contributed by atoms with Crippen molar-refractivity contribution in [3.05, 3.63) is 12.2 Å². The summed E-state index contributed by atoms with van der Waals surface area (Å²) in [5.41, 5.74) is -1.12. The molecule has 0 bridgehead atoms. The van der Waals surface area contributed by atoms with Crippen LogP contribution in [0.3, 0.4) is 0 Å². The molecule has 0 aromatic rings. The zero-order valence-electron chi connectivity index (χ0n) is 49.2. The Morgan fingerprint density at radius 2 is 0.589 bits per heavy atom. The maximum Gasteiger partial charge on any atom is 0.309 e. The average Bonchev–Trinajstić information content (AvgIpc) is 3.46. The van der Waals surface area contributed by atoms with Gasteiger partial charge in [-0.15, -0.1) is 0 Å². The number of allylic oxidation sites excluding steroid dienone is 2. The molecule has 0 radical (unpaired) electrons. The van der Waals surface area contributed by atoms with Crippen LogP contribution in [-0.4, -0.2) is 48.6 Å². The Bertz CT molecular complexity index is 1150. The molecule has 1 saturated heterocycles. The van der Waals surface area contributed by atoms with Gasteiger partial charge in [0.15, 0.2) is 0 Å². The van der Waals surface area contributed by atoms with Crippen LogP contribution < -0.4 is 0 Å². The van der Waals surface area contributed by atoms with E-state index in [1.54, 1.807) is 0 Å². The highest BCUT2D eigenvalue weighted by Gasteiger charge is 2.36. The molecule has 432 valence electrons. The molecule has 1 unspecified atom stereocenters. The lowest BCUT2D eigenvalue weighted by atomic mass is 9.92. The first-order chi connectivity index (χ1) is 36.1. The van der Waals surface area contributed by atoms with E-state index in [0.29, 0.717) is 6.42 Å². The first-order valence-electron chi connectivity index (χ1n) is 33.3. The minimum absolute atomic E-state index is 0.00512. The fraction of sp³-hybridized carbons (Fsp3) is 0.940. The number of carbonyl (C=O) groups excluding carboxylic acids is 2. The van der Waals surface area contributed by atoms with E-state index in [4.69, 9.17) is 9.47 Å². The van der Waals surface area contributed by atoms with Crippen LogP contribution in [0.25, 0.3) is 0 Å². The topological polar surface area (TPSA) is 93.1 Å². The summed E-state index contributed by atoms with van der Waals surface area (Å²) < 4.78 is 10.6. The summed E-state index contributed by atoms with van der Waals surface area (Å²) in [6.07, 6.45) is 81.6. The van der Waals surface area contributed by atoms with Gasteiger partial charge in [0.2, 0.25) is 0 Å². The molecule has 0 aromatic heterocycles. The van der Waals surface area contributed by atoms with Gasteiger partial charge in [-0.1, -0.05) is 340 Å². The molecule has 1 atom stereocenters. The number of carbonyl (C=O) groups is 2. The standard InChI is InChI=1S/C67H128O6/c1-2-3-4-5-6-7-8-9-10-11-12-13-14-15-16-17-18-19-20-21-22-23-24-25-26-27-28-29-30-31-32-33-34-35-36-37-38-39-40-41-42-43-44-45-46-47-48-49-50-51-52-53-54-55-56-57-58-64-59-65(70)72-62-67(60-68,61-69)63-73-66(64)71/h14-15,64,68-69H,2-13,16-63H2,1H3/b15-14+. The molecule has 1 rings (SSSR count). The van der Waals surface area contributed by atoms with E-state index in [9.17, 15) is 19.8 Å². The van der Waals surface area contributed by atoms with Gasteiger partial charge < -0.3 is 19.7 Å². The maximum absolute atomic E-state index is 12.6. The largest absolute Gasteiger partial charge is 0.465 e. The molecule has 6 heteroatoms. The van der Waals surface area contributed by atoms with Crippen LogP contribution in [0, 0.1) is 11.3 Å². The summed E-state index contributed by atoms with van der Waals surface area (Å²) in [5, 5.41) is 19.2. The third-order valence-corrected chi connectivity index (χ3v) is 16.5. The maximum atomic E-state index is 12.6. The van der Waals surface area contributed by atoms with E-state index in [-0.39, 0.29) is 19.6 Å². The van der Waals surface area contributed by atoms with Gasteiger partial charge in [-0.05, 0) is 32.1 Å². The quantitative estimate of drug-likeness (QED) is 0.0358. The van der Waals surface area contributed by atoms with Crippen molar-refractivity contribution in [1.29, 1.82) is 0 Å². The van der Waals surface area contributed by atoms with E-state index in [1.807, 2.05) is 0 Å². The van der Waals surface area contributed by atoms with Gasteiger partial charge in [0, 0.05) is 0 Å². The molecule has 1 aliphatic heterocycles. The zero-order chi connectivity index (χ0) is 52.5. The highest BCUT2D eigenvalue weighted by atomic mass is 16.6. The average molecular weight is 1030 g/mol. The van der Waals surface area contributed by atoms with E-state index in [2.05, 4.69) is 19.1 Å². The van der Waals surface area contributed by atoms with E-state index < -0.39 is 36.5 Å². The molecule has 0 aromatic carbocycles. The van der Waals surface area contributed by atoms with Crippen molar-refractivity contribution >= 4 is 11.9 Å². The lowest BCUT2D eigenvalue weighted by Gasteiger charge is -2.27. The Labute approximate surface area is 455 Å². The molecular formula is C67H128O6. The summed E-state index contributed by atoms with van der Waals surface area (Å²) in [6, 6.07) is 0. The fourth-order valence-corrected chi connectivity index (χ4v) is 11.1. The number of unbranched alkanes of at least 4 members (excludes halogenated alkanes) is 52. The fourth-order valence-electron chi connectivity index (χ4n) is 11.1. The van der Waals surface area contributed by atoms with Gasteiger partial charge in [0.05, 0.1) is 31.0 Å². The molecule has 0 spiro atoms. The van der Waals surface area contributed by atoms with Crippen LogP contribution in [0.1, 0.15) is 366 Å². The number of rotatable bonds is 58. The number of esters is 2. The van der Waals surface area contributed by atoms with Crippen molar-refractivity contribution in [1.82, 2.24) is 0 Å². The second-order valence-corrected chi connectivity index (χ2v) is 23.9. The summed E-state index contributed by atoms with van der Waals surface area (Å²) in [5.74, 6) is -1.40. The van der Waals surface area contributed by atoms with Gasteiger partial charge in [0.25, 0.3) is 0 Å². The molecule has 0 amide bonds. The van der Waals surface area contributed by atoms with Crippen LogP contribution in [0.15, 0.2) is 12.2 Å². The smallest absolute Gasteiger partial charge is 0.309 e. The molecule has 0 saturated carbocycles. The highest BCUT2D eigenvalue weighted by molar-refractivity contribution is 5.80. The van der Waals surface area contributed by atoms with Crippen LogP contribution in [0.5, 0.6) is 0 Å². The van der Waals surface area contributed by atoms with Gasteiger partial charge in [-0.2, -0.15) is 0 Å². The normalized spacial score (nSPS) is 15.2. The van der Waals surface area contributed by atoms with E-state index in [0.717, 1.165) is 19.3 Å². The zero-order valence-corrected chi connectivity index (χ0v) is 49.2. The summed E-state index contributed by atoms with van der Waals surface area (Å²) >= 11 is 0. The van der Waals surface area contributed by atoms with Crippen LogP contribution in [0.2, 0.25) is 0 Å². The number of aliphatic hydroxyl groups excluding tert-OH is 2. The van der Waals surface area contributed by atoms with Crippen molar-refractivity contribution < 1.29 is 29.3 Å². The second kappa shape index (κ2) is 56.8. The molecule has 6 nitrogen and oxygen atoms in total. The SMILES string of the molecule is CCCCCCCCCCCCC/C=C/CCCCCCCCCCCCCCCCCCCCCCCCCCCCCCCCCCCCCCCCCCCC1CC(=O)OCC(CO)(CO)COC1=O. The first-order valence-corrected chi connectivity index (χ1v) is 33.3. The molecule has 0 aliphatic carbocycles. The minimum atomic E-state index is -1.12. The number of cyclic esters (lactones) is 2. The third kappa shape index (κ3) is 48.7. The van der Waals surface area contributed by atoms with Gasteiger partial charge in [-0.25, -0.2) is 0 Å². The Kier molecular flexibility index (Phi) is 54.2. The molecule has 1 heterocycles. The predicted octanol–water partition coefficient (Wildman–Crippen LogP) is 21.1. The lowest BCUT2D eigenvalue weighted by molar-refractivity contribution is -0.155. The summed E-state index contributed by atoms with van der Waals surface area (Å²) in [6.45, 7) is 1.21. The summed E-state index contributed by atoms with van der Waals surface area (Å²) in [7, 11) is 0. The summed E-state index contributed by atoms with van der Waals surface area (Å²) in [4.78, 5) is 24.7. The number of aliphatic hydroxyl groups is 2. The Hall–Kier alpha value is -1.40. The molecule has 1 fully saturated rings. The van der Waals surface area contributed by atoms with Crippen molar-refractivity contribution in [3.8, 4) is 0 Å². The van der Waals surface area contributed by atoms with Crippen LogP contribution in [-0.2, 0) is 19.1 Å². The minimum Gasteiger partial charge on any atom is -0.465 e. The van der Waals surface area contributed by atoms with Crippen LogP contribution in [0.4, 0.5) is 0 Å². The number of hydrogen-bond acceptors (Lipinski definition) is 6. The van der Waals surface area contributed by atoms with E-state index >= 15 is 0 Å². The lowest BCUT2D eigenvalue weighted by Crippen LogP contribution is -2.40. The highest BCUT2D eigenvalue weighted by Crippen LogP contribution is 2.25. The van der Waals surface area contributed by atoms with Crippen LogP contribution >= 0.6 is 0 Å². The van der Waals surface area contributed by atoms with Gasteiger partial charge >= 0.3 is 11.9 Å².